The van der Waals surface area contributed by atoms with E-state index in [1.165, 1.54) is 11.3 Å². The second kappa shape index (κ2) is 4.86. The molecule has 1 heterocycles. The highest BCUT2D eigenvalue weighted by atomic mass is 79.9. The first kappa shape index (κ1) is 13.3. The molecule has 0 aliphatic heterocycles. The molecular weight excluding hydrogens is 310 g/mol. The minimum Gasteiger partial charge on any atom is -0.398 e. The largest absolute Gasteiger partial charge is 0.398 e. The molecule has 1 aromatic heterocycles. The molecule has 1 aromatic carbocycles. The van der Waals surface area contributed by atoms with Gasteiger partial charge in [0.2, 0.25) is 5.78 Å². The van der Waals surface area contributed by atoms with Crippen molar-refractivity contribution in [2.45, 2.75) is 20.8 Å². The van der Waals surface area contributed by atoms with E-state index in [1.807, 2.05) is 32.9 Å². The monoisotopic (exact) mass is 323 g/mol. The molecule has 0 amide bonds. The Morgan fingerprint density at radius 3 is 2.33 bits per heavy atom. The van der Waals surface area contributed by atoms with Gasteiger partial charge in [-0.15, -0.1) is 11.3 Å². The zero-order valence-electron chi connectivity index (χ0n) is 10.5. The van der Waals surface area contributed by atoms with Crippen molar-refractivity contribution in [3.05, 3.63) is 49.1 Å². The molecule has 0 spiro atoms. The molecule has 0 saturated heterocycles. The maximum absolute atomic E-state index is 12.4. The lowest BCUT2D eigenvalue weighted by Crippen LogP contribution is -2.04. The number of benzene rings is 1. The van der Waals surface area contributed by atoms with Crippen molar-refractivity contribution < 1.29 is 4.79 Å². The zero-order valence-corrected chi connectivity index (χ0v) is 12.9. The van der Waals surface area contributed by atoms with Gasteiger partial charge < -0.3 is 5.73 Å². The van der Waals surface area contributed by atoms with Crippen molar-refractivity contribution in [2.75, 3.05) is 5.73 Å². The standard InChI is InChI=1S/C14H14BrNOS/c1-7-4-8(2)11(16)6-10(7)13(17)12-5-9(3)14(15)18-12/h4-6H,16H2,1-3H3. The van der Waals surface area contributed by atoms with E-state index in [9.17, 15) is 4.79 Å². The van der Waals surface area contributed by atoms with Gasteiger partial charge in [0.05, 0.1) is 8.66 Å². The van der Waals surface area contributed by atoms with E-state index >= 15 is 0 Å². The van der Waals surface area contributed by atoms with E-state index in [0.717, 1.165) is 25.4 Å². The SMILES string of the molecule is Cc1cc(C)c(C(=O)c2cc(C)c(Br)s2)cc1N. The first-order chi connectivity index (χ1) is 8.40. The number of nitrogen functional groups attached to an aromatic ring is 1. The van der Waals surface area contributed by atoms with Gasteiger partial charge in [0.15, 0.2) is 0 Å². The van der Waals surface area contributed by atoms with E-state index in [4.69, 9.17) is 5.73 Å². The summed E-state index contributed by atoms with van der Waals surface area (Å²) < 4.78 is 1.00. The highest BCUT2D eigenvalue weighted by Gasteiger charge is 2.16. The summed E-state index contributed by atoms with van der Waals surface area (Å²) in [6.07, 6.45) is 0. The first-order valence-electron chi connectivity index (χ1n) is 5.57. The van der Waals surface area contributed by atoms with Gasteiger partial charge in [0.25, 0.3) is 0 Å². The number of anilines is 1. The molecule has 0 atom stereocenters. The van der Waals surface area contributed by atoms with Gasteiger partial charge in [-0.1, -0.05) is 6.07 Å². The predicted molar refractivity (Wildman–Crippen MR) is 80.5 cm³/mol. The number of halogens is 1. The number of carbonyl (C=O) groups is 1. The van der Waals surface area contributed by atoms with Gasteiger partial charge in [-0.2, -0.15) is 0 Å². The molecule has 18 heavy (non-hydrogen) atoms. The van der Waals surface area contributed by atoms with E-state index in [-0.39, 0.29) is 5.78 Å². The Morgan fingerprint density at radius 1 is 1.11 bits per heavy atom. The van der Waals surface area contributed by atoms with Crippen molar-refractivity contribution in [1.82, 2.24) is 0 Å². The van der Waals surface area contributed by atoms with E-state index < -0.39 is 0 Å². The van der Waals surface area contributed by atoms with Crippen LogP contribution in [-0.2, 0) is 0 Å². The van der Waals surface area contributed by atoms with Gasteiger partial charge in [-0.25, -0.2) is 0 Å². The quantitative estimate of drug-likeness (QED) is 0.663. The molecule has 0 radical (unpaired) electrons. The molecule has 0 unspecified atom stereocenters. The van der Waals surface area contributed by atoms with Crippen molar-refractivity contribution in [1.29, 1.82) is 0 Å². The Hall–Kier alpha value is -1.13. The van der Waals surface area contributed by atoms with Crippen molar-refractivity contribution >= 4 is 38.7 Å². The molecule has 2 N–H and O–H groups in total. The van der Waals surface area contributed by atoms with Gasteiger partial charge in [-0.3, -0.25) is 4.79 Å². The summed E-state index contributed by atoms with van der Waals surface area (Å²) >= 11 is 4.91. The Balaban J connectivity index is 2.49. The van der Waals surface area contributed by atoms with Crippen molar-refractivity contribution in [3.8, 4) is 0 Å². The zero-order chi connectivity index (χ0) is 13.4. The lowest BCUT2D eigenvalue weighted by molar-refractivity contribution is 0.104. The third kappa shape index (κ3) is 2.35. The van der Waals surface area contributed by atoms with Crippen LogP contribution in [-0.4, -0.2) is 5.78 Å². The Kier molecular flexibility index (Phi) is 3.59. The first-order valence-corrected chi connectivity index (χ1v) is 7.18. The van der Waals surface area contributed by atoms with Crippen LogP contribution >= 0.6 is 27.3 Å². The molecule has 2 aromatic rings. The van der Waals surface area contributed by atoms with Crippen LogP contribution in [0.2, 0.25) is 0 Å². The van der Waals surface area contributed by atoms with Crippen LogP contribution < -0.4 is 5.73 Å². The molecule has 0 fully saturated rings. The third-order valence-corrected chi connectivity index (χ3v) is 5.07. The minimum atomic E-state index is 0.0398. The fraction of sp³-hybridized carbons (Fsp3) is 0.214. The number of nitrogens with two attached hydrogens (primary N) is 1. The second-order valence-electron chi connectivity index (χ2n) is 4.42. The number of thiophene rings is 1. The highest BCUT2D eigenvalue weighted by Crippen LogP contribution is 2.30. The van der Waals surface area contributed by atoms with Crippen LogP contribution in [0.4, 0.5) is 5.69 Å². The van der Waals surface area contributed by atoms with Gasteiger partial charge in [0, 0.05) is 11.3 Å². The minimum absolute atomic E-state index is 0.0398. The lowest BCUT2D eigenvalue weighted by atomic mass is 10.00. The third-order valence-electron chi connectivity index (χ3n) is 2.94. The summed E-state index contributed by atoms with van der Waals surface area (Å²) in [5, 5.41) is 0. The summed E-state index contributed by atoms with van der Waals surface area (Å²) in [7, 11) is 0. The summed E-state index contributed by atoms with van der Waals surface area (Å²) in [5.41, 5.74) is 10.3. The average molecular weight is 324 g/mol. The molecule has 0 bridgehead atoms. The Labute approximate surface area is 119 Å². The molecule has 2 nitrogen and oxygen atoms in total. The van der Waals surface area contributed by atoms with Crippen LogP contribution in [0.5, 0.6) is 0 Å². The normalized spacial score (nSPS) is 10.7. The fourth-order valence-corrected chi connectivity index (χ4v) is 3.31. The van der Waals surface area contributed by atoms with Crippen LogP contribution in [0.1, 0.15) is 31.9 Å². The van der Waals surface area contributed by atoms with Gasteiger partial charge in [-0.05, 0) is 65.5 Å². The molecular formula is C14H14BrNOS. The highest BCUT2D eigenvalue weighted by molar-refractivity contribution is 9.11. The van der Waals surface area contributed by atoms with E-state index in [0.29, 0.717) is 11.3 Å². The maximum Gasteiger partial charge on any atom is 0.203 e. The predicted octanol–water partition coefficient (Wildman–Crippen LogP) is 4.25. The number of carbonyl (C=O) groups excluding carboxylic acids is 1. The smallest absolute Gasteiger partial charge is 0.203 e. The molecule has 4 heteroatoms. The van der Waals surface area contributed by atoms with Crippen molar-refractivity contribution in [2.24, 2.45) is 0 Å². The lowest BCUT2D eigenvalue weighted by Gasteiger charge is -2.07. The molecule has 2 rings (SSSR count). The maximum atomic E-state index is 12.4. The number of ketones is 1. The topological polar surface area (TPSA) is 43.1 Å². The number of rotatable bonds is 2. The number of hydrogen-bond donors (Lipinski definition) is 1. The second-order valence-corrected chi connectivity index (χ2v) is 6.79. The Bertz CT molecular complexity index is 611. The summed E-state index contributed by atoms with van der Waals surface area (Å²) in [4.78, 5) is 13.2. The van der Waals surface area contributed by atoms with Gasteiger partial charge >= 0.3 is 0 Å². The summed E-state index contributed by atoms with van der Waals surface area (Å²) in [6, 6.07) is 5.64. The molecule has 94 valence electrons. The summed E-state index contributed by atoms with van der Waals surface area (Å²) in [6.45, 7) is 5.87. The van der Waals surface area contributed by atoms with Crippen molar-refractivity contribution in [3.63, 3.8) is 0 Å². The van der Waals surface area contributed by atoms with E-state index in [2.05, 4.69) is 15.9 Å². The average Bonchev–Trinajstić information content (AvgIpc) is 2.63. The molecule has 0 aliphatic carbocycles. The van der Waals surface area contributed by atoms with Crippen LogP contribution in [0.25, 0.3) is 0 Å². The molecule has 0 aliphatic rings. The summed E-state index contributed by atoms with van der Waals surface area (Å²) in [5.74, 6) is 0.0398. The number of aryl methyl sites for hydroxylation is 3. The molecule has 0 saturated carbocycles. The number of hydrogen-bond acceptors (Lipinski definition) is 3. The van der Waals surface area contributed by atoms with Crippen LogP contribution in [0, 0.1) is 20.8 Å². The van der Waals surface area contributed by atoms with E-state index in [1.54, 1.807) is 6.07 Å². The Morgan fingerprint density at radius 2 is 1.78 bits per heavy atom. The van der Waals surface area contributed by atoms with Gasteiger partial charge in [0.1, 0.15) is 0 Å². The fourth-order valence-electron chi connectivity index (χ4n) is 1.82. The van der Waals surface area contributed by atoms with Crippen LogP contribution in [0.15, 0.2) is 22.0 Å². The van der Waals surface area contributed by atoms with Crippen LogP contribution in [0.3, 0.4) is 0 Å².